The van der Waals surface area contributed by atoms with Crippen LogP contribution in [0.1, 0.15) is 22.3 Å². The van der Waals surface area contributed by atoms with Crippen LogP contribution in [0.15, 0.2) is 48.3 Å². The maximum atomic E-state index is 12.2. The zero-order valence-corrected chi connectivity index (χ0v) is 13.5. The topological polar surface area (TPSA) is 59.0 Å². The highest BCUT2D eigenvalue weighted by molar-refractivity contribution is 6.31. The molecule has 2 aromatic rings. The van der Waals surface area contributed by atoms with E-state index in [2.05, 4.69) is 21.8 Å². The van der Waals surface area contributed by atoms with Crippen molar-refractivity contribution >= 4 is 17.5 Å². The second-order valence-electron chi connectivity index (χ2n) is 5.52. The van der Waals surface area contributed by atoms with Crippen LogP contribution < -0.4 is 10.6 Å². The Morgan fingerprint density at radius 2 is 2.26 bits per heavy atom. The van der Waals surface area contributed by atoms with Crippen molar-refractivity contribution < 1.29 is 4.79 Å². The summed E-state index contributed by atoms with van der Waals surface area (Å²) in [6, 6.07) is 7.63. The molecule has 0 aliphatic carbocycles. The summed E-state index contributed by atoms with van der Waals surface area (Å²) < 4.78 is 1.72. The zero-order chi connectivity index (χ0) is 16.1. The minimum atomic E-state index is -0.102. The summed E-state index contributed by atoms with van der Waals surface area (Å²) in [7, 11) is 0. The molecule has 23 heavy (non-hydrogen) atoms. The van der Waals surface area contributed by atoms with Gasteiger partial charge >= 0.3 is 0 Å². The molecule has 2 N–H and O–H groups in total. The molecule has 1 aliphatic heterocycles. The highest BCUT2D eigenvalue weighted by Crippen LogP contribution is 2.16. The molecule has 3 rings (SSSR count). The molecule has 0 fully saturated rings. The summed E-state index contributed by atoms with van der Waals surface area (Å²) in [6.07, 6.45) is 6.44. The first-order chi connectivity index (χ1) is 11.2. The number of hydrogen-bond donors (Lipinski definition) is 2. The van der Waals surface area contributed by atoms with E-state index >= 15 is 0 Å². The van der Waals surface area contributed by atoms with Gasteiger partial charge in [0.05, 0.1) is 18.3 Å². The van der Waals surface area contributed by atoms with Crippen molar-refractivity contribution in [2.24, 2.45) is 0 Å². The van der Waals surface area contributed by atoms with Crippen molar-refractivity contribution in [3.63, 3.8) is 0 Å². The van der Waals surface area contributed by atoms with Crippen molar-refractivity contribution in [3.8, 4) is 0 Å². The molecule has 1 amide bonds. The van der Waals surface area contributed by atoms with E-state index in [-0.39, 0.29) is 5.91 Å². The quantitative estimate of drug-likeness (QED) is 0.827. The second-order valence-corrected chi connectivity index (χ2v) is 5.92. The molecule has 1 aromatic carbocycles. The van der Waals surface area contributed by atoms with Crippen LogP contribution in [-0.4, -0.2) is 35.3 Å². The largest absolute Gasteiger partial charge is 0.348 e. The molecule has 5 nitrogen and oxygen atoms in total. The lowest BCUT2D eigenvalue weighted by Gasteiger charge is -2.14. The van der Waals surface area contributed by atoms with Crippen LogP contribution in [0.2, 0.25) is 5.02 Å². The van der Waals surface area contributed by atoms with E-state index in [1.54, 1.807) is 17.1 Å². The first-order valence-electron chi connectivity index (χ1n) is 7.65. The molecule has 0 unspecified atom stereocenters. The van der Waals surface area contributed by atoms with Gasteiger partial charge in [-0.1, -0.05) is 41.4 Å². The molecule has 6 heteroatoms. The number of carbonyl (C=O) groups excluding carboxylic acids is 1. The number of hydrogen-bond acceptors (Lipinski definition) is 3. The smallest absolute Gasteiger partial charge is 0.254 e. The molecule has 0 radical (unpaired) electrons. The van der Waals surface area contributed by atoms with Crippen molar-refractivity contribution in [1.82, 2.24) is 20.4 Å². The number of halogens is 1. The molecule has 2 heterocycles. The summed E-state index contributed by atoms with van der Waals surface area (Å²) in [6.45, 7) is 2.98. The number of aromatic nitrogens is 2. The summed E-state index contributed by atoms with van der Waals surface area (Å²) in [5.41, 5.74) is 2.80. The molecule has 0 bridgehead atoms. The lowest BCUT2D eigenvalue weighted by molar-refractivity contribution is 0.0956. The summed E-state index contributed by atoms with van der Waals surface area (Å²) in [5, 5.41) is 11.1. The van der Waals surface area contributed by atoms with Gasteiger partial charge in [-0.3, -0.25) is 9.48 Å². The van der Waals surface area contributed by atoms with Crippen LogP contribution in [0.3, 0.4) is 0 Å². The summed E-state index contributed by atoms with van der Waals surface area (Å²) in [4.78, 5) is 12.2. The van der Waals surface area contributed by atoms with E-state index in [0.29, 0.717) is 23.7 Å². The number of carbonyl (C=O) groups is 1. The van der Waals surface area contributed by atoms with Gasteiger partial charge in [0, 0.05) is 24.3 Å². The maximum absolute atomic E-state index is 12.2. The monoisotopic (exact) mass is 330 g/mol. The first-order valence-corrected chi connectivity index (χ1v) is 8.03. The average molecular weight is 331 g/mol. The molecule has 0 saturated carbocycles. The maximum Gasteiger partial charge on any atom is 0.254 e. The number of benzene rings is 1. The third kappa shape index (κ3) is 4.21. The van der Waals surface area contributed by atoms with Gasteiger partial charge in [0.2, 0.25) is 0 Å². The van der Waals surface area contributed by atoms with Crippen LogP contribution >= 0.6 is 11.6 Å². The van der Waals surface area contributed by atoms with E-state index in [9.17, 15) is 4.79 Å². The summed E-state index contributed by atoms with van der Waals surface area (Å²) in [5.74, 6) is -0.102. The highest BCUT2D eigenvalue weighted by atomic mass is 35.5. The van der Waals surface area contributed by atoms with Crippen LogP contribution in [-0.2, 0) is 6.54 Å². The number of amides is 1. The molecule has 1 aromatic heterocycles. The first kappa shape index (κ1) is 15.8. The SMILES string of the molecule is O=C(NCC1=CCNCC1)c1cnn(Cc2ccccc2Cl)c1. The minimum Gasteiger partial charge on any atom is -0.348 e. The van der Waals surface area contributed by atoms with Crippen LogP contribution in [0.5, 0.6) is 0 Å². The Kier molecular flexibility index (Phi) is 5.10. The van der Waals surface area contributed by atoms with Gasteiger partial charge in [-0.05, 0) is 24.6 Å². The van der Waals surface area contributed by atoms with E-state index in [4.69, 9.17) is 11.6 Å². The van der Waals surface area contributed by atoms with Crippen molar-refractivity contribution in [2.75, 3.05) is 19.6 Å². The van der Waals surface area contributed by atoms with Crippen molar-refractivity contribution in [3.05, 3.63) is 64.5 Å². The Hall–Kier alpha value is -2.11. The van der Waals surface area contributed by atoms with E-state index < -0.39 is 0 Å². The average Bonchev–Trinajstić information content (AvgIpc) is 3.04. The number of rotatable bonds is 5. The fraction of sp³-hybridized carbons (Fsp3) is 0.294. The molecule has 0 spiro atoms. The van der Waals surface area contributed by atoms with Crippen LogP contribution in [0, 0.1) is 0 Å². The van der Waals surface area contributed by atoms with E-state index in [1.807, 2.05) is 24.3 Å². The predicted octanol–water partition coefficient (Wildman–Crippen LogP) is 2.23. The number of nitrogens with zero attached hydrogens (tertiary/aromatic N) is 2. The molecule has 120 valence electrons. The Morgan fingerprint density at radius 3 is 3.04 bits per heavy atom. The van der Waals surface area contributed by atoms with Gasteiger partial charge in [0.15, 0.2) is 0 Å². The Bertz CT molecular complexity index is 723. The highest BCUT2D eigenvalue weighted by Gasteiger charge is 2.11. The third-order valence-corrected chi connectivity index (χ3v) is 4.19. The van der Waals surface area contributed by atoms with Gasteiger partial charge in [0.25, 0.3) is 5.91 Å². The number of nitrogens with one attached hydrogen (secondary N) is 2. The van der Waals surface area contributed by atoms with Gasteiger partial charge < -0.3 is 10.6 Å². The van der Waals surface area contributed by atoms with Gasteiger partial charge in [0.1, 0.15) is 0 Å². The lowest BCUT2D eigenvalue weighted by Crippen LogP contribution is -2.29. The molecule has 1 aliphatic rings. The molecule has 0 atom stereocenters. The molecule has 0 saturated heterocycles. The zero-order valence-electron chi connectivity index (χ0n) is 12.8. The van der Waals surface area contributed by atoms with Crippen molar-refractivity contribution in [2.45, 2.75) is 13.0 Å². The van der Waals surface area contributed by atoms with E-state index in [0.717, 1.165) is 25.1 Å². The Labute approximate surface area is 140 Å². The second kappa shape index (κ2) is 7.44. The van der Waals surface area contributed by atoms with Crippen LogP contribution in [0.4, 0.5) is 0 Å². The Balaban J connectivity index is 1.59. The van der Waals surface area contributed by atoms with E-state index in [1.165, 1.54) is 5.57 Å². The lowest BCUT2D eigenvalue weighted by atomic mass is 10.1. The predicted molar refractivity (Wildman–Crippen MR) is 90.7 cm³/mol. The third-order valence-electron chi connectivity index (χ3n) is 3.82. The molecular weight excluding hydrogens is 312 g/mol. The summed E-state index contributed by atoms with van der Waals surface area (Å²) >= 11 is 6.15. The van der Waals surface area contributed by atoms with Gasteiger partial charge in [-0.25, -0.2) is 0 Å². The van der Waals surface area contributed by atoms with Crippen molar-refractivity contribution in [1.29, 1.82) is 0 Å². The fourth-order valence-electron chi connectivity index (χ4n) is 2.49. The normalized spacial score (nSPS) is 14.4. The minimum absolute atomic E-state index is 0.102. The standard InChI is InChI=1S/C17H19ClN4O/c18-16-4-2-1-3-14(16)11-22-12-15(10-21-22)17(23)20-9-13-5-7-19-8-6-13/h1-5,10,12,19H,6-9,11H2,(H,20,23). The molecular formula is C17H19ClN4O. The fourth-order valence-corrected chi connectivity index (χ4v) is 2.69. The Morgan fingerprint density at radius 1 is 1.39 bits per heavy atom. The van der Waals surface area contributed by atoms with Gasteiger partial charge in [-0.15, -0.1) is 0 Å². The van der Waals surface area contributed by atoms with Crippen LogP contribution in [0.25, 0.3) is 0 Å². The van der Waals surface area contributed by atoms with Gasteiger partial charge in [-0.2, -0.15) is 5.10 Å².